The molecule has 0 aliphatic carbocycles. The molecule has 9 rings (SSSR count). The molecule has 0 aliphatic rings. The molecule has 0 N–H and O–H groups in total. The van der Waals surface area contributed by atoms with Crippen molar-refractivity contribution >= 4 is 54.3 Å². The lowest BCUT2D eigenvalue weighted by Gasteiger charge is -2.19. The van der Waals surface area contributed by atoms with Gasteiger partial charge in [-0.25, -0.2) is 0 Å². The summed E-state index contributed by atoms with van der Waals surface area (Å²) in [6.45, 7) is 0. The lowest BCUT2D eigenvalue weighted by Crippen LogP contribution is -1.92. The van der Waals surface area contributed by atoms with E-state index in [2.05, 4.69) is 158 Å². The summed E-state index contributed by atoms with van der Waals surface area (Å²) in [5.74, 6) is 0. The van der Waals surface area contributed by atoms with Crippen LogP contribution < -0.4 is 0 Å². The maximum absolute atomic E-state index is 6.67. The first kappa shape index (κ1) is 24.0. The molecular formula is C42H26O. The van der Waals surface area contributed by atoms with E-state index in [1.54, 1.807) is 0 Å². The fourth-order valence-electron chi connectivity index (χ4n) is 7.05. The average molecular weight is 547 g/mol. The molecule has 0 saturated heterocycles. The van der Waals surface area contributed by atoms with Gasteiger partial charge in [-0.3, -0.25) is 0 Å². The van der Waals surface area contributed by atoms with E-state index < -0.39 is 0 Å². The molecule has 9 aromatic rings. The third-order valence-electron chi connectivity index (χ3n) is 8.87. The molecule has 8 aromatic carbocycles. The van der Waals surface area contributed by atoms with Crippen molar-refractivity contribution in [1.29, 1.82) is 0 Å². The van der Waals surface area contributed by atoms with E-state index >= 15 is 0 Å². The summed E-state index contributed by atoms with van der Waals surface area (Å²) in [6, 6.07) is 56.6. The second kappa shape index (κ2) is 9.44. The van der Waals surface area contributed by atoms with Crippen molar-refractivity contribution in [3.63, 3.8) is 0 Å². The van der Waals surface area contributed by atoms with Gasteiger partial charge in [0.25, 0.3) is 0 Å². The van der Waals surface area contributed by atoms with Crippen LogP contribution in [0.3, 0.4) is 0 Å². The summed E-state index contributed by atoms with van der Waals surface area (Å²) >= 11 is 0. The van der Waals surface area contributed by atoms with E-state index in [9.17, 15) is 0 Å². The highest BCUT2D eigenvalue weighted by atomic mass is 16.3. The van der Waals surface area contributed by atoms with Crippen molar-refractivity contribution in [2.75, 3.05) is 0 Å². The number of hydrogen-bond acceptors (Lipinski definition) is 1. The Kier molecular flexibility index (Phi) is 5.27. The van der Waals surface area contributed by atoms with Crippen LogP contribution >= 0.6 is 0 Å². The summed E-state index contributed by atoms with van der Waals surface area (Å²) in [6.07, 6.45) is 0. The van der Waals surface area contributed by atoms with Crippen LogP contribution in [0.15, 0.2) is 162 Å². The second-order valence-electron chi connectivity index (χ2n) is 11.2. The van der Waals surface area contributed by atoms with E-state index in [0.29, 0.717) is 0 Å². The zero-order valence-electron chi connectivity index (χ0n) is 23.4. The molecular weight excluding hydrogens is 520 g/mol. The van der Waals surface area contributed by atoms with Crippen LogP contribution in [-0.4, -0.2) is 0 Å². The van der Waals surface area contributed by atoms with E-state index in [0.717, 1.165) is 33.1 Å². The molecule has 0 saturated carbocycles. The Morgan fingerprint density at radius 3 is 1.53 bits per heavy atom. The molecule has 0 atom stereocenters. The summed E-state index contributed by atoms with van der Waals surface area (Å²) in [7, 11) is 0. The van der Waals surface area contributed by atoms with Crippen molar-refractivity contribution < 1.29 is 4.42 Å². The van der Waals surface area contributed by atoms with Crippen molar-refractivity contribution in [3.8, 4) is 33.4 Å². The molecule has 0 bridgehead atoms. The van der Waals surface area contributed by atoms with Crippen LogP contribution in [0.4, 0.5) is 0 Å². The van der Waals surface area contributed by atoms with Crippen molar-refractivity contribution in [2.45, 2.75) is 0 Å². The molecule has 1 aromatic heterocycles. The Bertz CT molecular complexity index is 2440. The van der Waals surface area contributed by atoms with Gasteiger partial charge in [-0.1, -0.05) is 152 Å². The van der Waals surface area contributed by atoms with Gasteiger partial charge >= 0.3 is 0 Å². The standard InChI is InChI=1S/C42H26O/c1-2-13-28(14-3-1)30-22-11-25-37-41-36(24-12-26-38(41)43-42(30)37)40-34-20-8-6-18-32(34)39(33-19-7-9-21-35(33)40)31-23-10-16-27-15-4-5-17-29(27)31/h1-26H. The maximum atomic E-state index is 6.67. The van der Waals surface area contributed by atoms with Crippen LogP contribution in [0.5, 0.6) is 0 Å². The summed E-state index contributed by atoms with van der Waals surface area (Å²) in [4.78, 5) is 0. The Morgan fingerprint density at radius 2 is 0.814 bits per heavy atom. The smallest absolute Gasteiger partial charge is 0.143 e. The molecule has 200 valence electrons. The Labute approximate surface area is 249 Å². The molecule has 0 spiro atoms. The van der Waals surface area contributed by atoms with Gasteiger partial charge in [0, 0.05) is 16.3 Å². The summed E-state index contributed by atoms with van der Waals surface area (Å²) < 4.78 is 6.67. The molecule has 0 unspecified atom stereocenters. The summed E-state index contributed by atoms with van der Waals surface area (Å²) in [5, 5.41) is 9.80. The molecule has 1 nitrogen and oxygen atoms in total. The van der Waals surface area contributed by atoms with Crippen LogP contribution in [-0.2, 0) is 0 Å². The lowest BCUT2D eigenvalue weighted by atomic mass is 9.84. The van der Waals surface area contributed by atoms with Gasteiger partial charge in [0.15, 0.2) is 0 Å². The normalized spacial score (nSPS) is 11.7. The minimum atomic E-state index is 0.905. The van der Waals surface area contributed by atoms with Crippen LogP contribution in [0.2, 0.25) is 0 Å². The minimum Gasteiger partial charge on any atom is -0.455 e. The minimum absolute atomic E-state index is 0.905. The molecule has 0 fully saturated rings. The quantitative estimate of drug-likeness (QED) is 0.201. The SMILES string of the molecule is c1ccc(-c2cccc3c2oc2cccc(-c4c5ccccc5c(-c5cccc6ccccc56)c5ccccc45)c23)cc1. The van der Waals surface area contributed by atoms with Gasteiger partial charge in [0.1, 0.15) is 11.2 Å². The van der Waals surface area contributed by atoms with Crippen molar-refractivity contribution in [3.05, 3.63) is 158 Å². The van der Waals surface area contributed by atoms with Gasteiger partial charge < -0.3 is 4.42 Å². The average Bonchev–Trinajstić information content (AvgIpc) is 3.47. The number of rotatable bonds is 3. The van der Waals surface area contributed by atoms with E-state index in [1.165, 1.54) is 54.6 Å². The third-order valence-corrected chi connectivity index (χ3v) is 8.87. The molecule has 0 radical (unpaired) electrons. The number of para-hydroxylation sites is 1. The number of benzene rings is 8. The van der Waals surface area contributed by atoms with Crippen LogP contribution in [0.25, 0.3) is 87.6 Å². The van der Waals surface area contributed by atoms with E-state index in [1.807, 2.05) is 0 Å². The first-order chi connectivity index (χ1) is 21.4. The topological polar surface area (TPSA) is 13.1 Å². The maximum Gasteiger partial charge on any atom is 0.143 e. The molecule has 43 heavy (non-hydrogen) atoms. The number of hydrogen-bond donors (Lipinski definition) is 0. The molecule has 0 amide bonds. The van der Waals surface area contributed by atoms with Gasteiger partial charge in [0.2, 0.25) is 0 Å². The predicted molar refractivity (Wildman–Crippen MR) is 183 cm³/mol. The monoisotopic (exact) mass is 546 g/mol. The fourth-order valence-corrected chi connectivity index (χ4v) is 7.05. The van der Waals surface area contributed by atoms with Gasteiger partial charge in [-0.05, 0) is 66.2 Å². The highest BCUT2D eigenvalue weighted by Crippen LogP contribution is 2.48. The molecule has 1 heterocycles. The Hall–Kier alpha value is -5.66. The zero-order chi connectivity index (χ0) is 28.3. The largest absolute Gasteiger partial charge is 0.455 e. The number of fused-ring (bicyclic) bond motifs is 6. The summed E-state index contributed by atoms with van der Waals surface area (Å²) in [5.41, 5.74) is 9.08. The lowest BCUT2D eigenvalue weighted by molar-refractivity contribution is 0.670. The highest BCUT2D eigenvalue weighted by Gasteiger charge is 2.21. The Balaban J connectivity index is 1.42. The fraction of sp³-hybridized carbons (Fsp3) is 0. The highest BCUT2D eigenvalue weighted by molar-refractivity contribution is 6.27. The first-order valence-electron chi connectivity index (χ1n) is 14.8. The Morgan fingerprint density at radius 1 is 0.326 bits per heavy atom. The van der Waals surface area contributed by atoms with Crippen molar-refractivity contribution in [2.24, 2.45) is 0 Å². The van der Waals surface area contributed by atoms with Gasteiger partial charge in [-0.2, -0.15) is 0 Å². The van der Waals surface area contributed by atoms with Crippen LogP contribution in [0, 0.1) is 0 Å². The van der Waals surface area contributed by atoms with Gasteiger partial charge in [0.05, 0.1) is 0 Å². The predicted octanol–water partition coefficient (Wildman–Crippen LogP) is 12.0. The number of furan rings is 1. The zero-order valence-corrected chi connectivity index (χ0v) is 23.4. The van der Waals surface area contributed by atoms with Crippen molar-refractivity contribution in [1.82, 2.24) is 0 Å². The van der Waals surface area contributed by atoms with E-state index in [4.69, 9.17) is 4.42 Å². The van der Waals surface area contributed by atoms with Crippen LogP contribution in [0.1, 0.15) is 0 Å². The molecule has 0 aliphatic heterocycles. The van der Waals surface area contributed by atoms with Gasteiger partial charge in [-0.15, -0.1) is 0 Å². The third kappa shape index (κ3) is 3.58. The second-order valence-corrected chi connectivity index (χ2v) is 11.2. The molecule has 1 heteroatoms. The van der Waals surface area contributed by atoms with E-state index in [-0.39, 0.29) is 0 Å². The first-order valence-corrected chi connectivity index (χ1v) is 14.8.